The van der Waals surface area contributed by atoms with Gasteiger partial charge in [-0.2, -0.15) is 0 Å². The van der Waals surface area contributed by atoms with Crippen LogP contribution in [0.25, 0.3) is 11.1 Å². The summed E-state index contributed by atoms with van der Waals surface area (Å²) >= 11 is 0. The number of fused-ring (bicyclic) bond motifs is 3. The topological polar surface area (TPSA) is 12.0 Å². The molecule has 0 atom stereocenters. The lowest BCUT2D eigenvalue weighted by atomic mass is 9.82. The van der Waals surface area contributed by atoms with Crippen molar-refractivity contribution < 1.29 is 0 Å². The summed E-state index contributed by atoms with van der Waals surface area (Å²) < 4.78 is 0. The molecule has 0 bridgehead atoms. The minimum Gasteiger partial charge on any atom is -0.356 e. The van der Waals surface area contributed by atoms with Gasteiger partial charge in [0.1, 0.15) is 0 Å². The monoisotopic (exact) mass is 369 g/mol. The van der Waals surface area contributed by atoms with Crippen LogP contribution in [0.2, 0.25) is 0 Å². The molecule has 3 aromatic carbocycles. The van der Waals surface area contributed by atoms with Gasteiger partial charge in [-0.3, -0.25) is 0 Å². The fraction of sp³-hybridized carbons (Fsp3) is 0.333. The van der Waals surface area contributed by atoms with Crippen LogP contribution in [0.3, 0.4) is 0 Å². The molecule has 0 aromatic heterocycles. The van der Waals surface area contributed by atoms with Crippen molar-refractivity contribution in [3.63, 3.8) is 0 Å². The lowest BCUT2D eigenvalue weighted by Crippen LogP contribution is -2.15. The molecule has 1 aliphatic carbocycles. The van der Waals surface area contributed by atoms with Crippen molar-refractivity contribution in [2.24, 2.45) is 0 Å². The molecule has 0 saturated carbocycles. The molecule has 0 radical (unpaired) electrons. The Labute approximate surface area is 169 Å². The van der Waals surface area contributed by atoms with E-state index in [1.165, 1.54) is 50.3 Å². The first-order chi connectivity index (χ1) is 13.5. The van der Waals surface area contributed by atoms with Gasteiger partial charge in [-0.05, 0) is 82.5 Å². The largest absolute Gasteiger partial charge is 0.356 e. The summed E-state index contributed by atoms with van der Waals surface area (Å²) in [7, 11) is 0. The van der Waals surface area contributed by atoms with Crippen LogP contribution >= 0.6 is 0 Å². The third kappa shape index (κ3) is 2.94. The molecule has 1 heteroatoms. The normalized spacial score (nSPS) is 13.9. The molecule has 1 nitrogen and oxygen atoms in total. The summed E-state index contributed by atoms with van der Waals surface area (Å²) in [5, 5.41) is 3.70. The van der Waals surface area contributed by atoms with E-state index in [-0.39, 0.29) is 5.41 Å². The van der Waals surface area contributed by atoms with Crippen LogP contribution in [0.5, 0.6) is 0 Å². The molecule has 0 saturated heterocycles. The fourth-order valence-electron chi connectivity index (χ4n) is 4.90. The van der Waals surface area contributed by atoms with Crippen molar-refractivity contribution >= 4 is 11.4 Å². The molecule has 28 heavy (non-hydrogen) atoms. The Hall–Kier alpha value is -2.54. The maximum Gasteiger partial charge on any atom is 0.0389 e. The third-order valence-corrected chi connectivity index (χ3v) is 6.42. The lowest BCUT2D eigenvalue weighted by molar-refractivity contribution is 0.660. The maximum atomic E-state index is 3.70. The highest BCUT2D eigenvalue weighted by Crippen LogP contribution is 2.49. The summed E-state index contributed by atoms with van der Waals surface area (Å²) in [6, 6.07) is 20.3. The van der Waals surface area contributed by atoms with E-state index in [9.17, 15) is 0 Å². The number of hydrogen-bond donors (Lipinski definition) is 1. The van der Waals surface area contributed by atoms with Crippen molar-refractivity contribution in [2.75, 3.05) is 5.32 Å². The second-order valence-corrected chi connectivity index (χ2v) is 8.39. The van der Waals surface area contributed by atoms with Crippen molar-refractivity contribution in [2.45, 2.75) is 59.3 Å². The molecular weight excluding hydrogens is 338 g/mol. The Bertz CT molecular complexity index is 1000. The van der Waals surface area contributed by atoms with E-state index in [0.717, 1.165) is 19.3 Å². The summed E-state index contributed by atoms with van der Waals surface area (Å²) in [6.07, 6.45) is 3.27. The highest BCUT2D eigenvalue weighted by molar-refractivity contribution is 5.83. The lowest BCUT2D eigenvalue weighted by Gasteiger charge is -2.22. The van der Waals surface area contributed by atoms with Gasteiger partial charge >= 0.3 is 0 Å². The van der Waals surface area contributed by atoms with E-state index in [1.54, 1.807) is 0 Å². The van der Waals surface area contributed by atoms with Crippen molar-refractivity contribution in [1.82, 2.24) is 0 Å². The predicted molar refractivity (Wildman–Crippen MR) is 122 cm³/mol. The number of aryl methyl sites for hydroxylation is 2. The number of rotatable bonds is 5. The number of benzene rings is 3. The van der Waals surface area contributed by atoms with Crippen LogP contribution in [-0.2, 0) is 24.7 Å². The molecule has 0 fully saturated rings. The molecular formula is C27H31N. The SMILES string of the molecule is CCc1cc(Nc2ccc3c(c2)C(C)(C)c2ccccc2-3)cc(CC)c1CC. The first kappa shape index (κ1) is 18.8. The number of hydrogen-bond acceptors (Lipinski definition) is 1. The van der Waals surface area contributed by atoms with Gasteiger partial charge in [0.05, 0.1) is 0 Å². The zero-order valence-corrected chi connectivity index (χ0v) is 17.8. The van der Waals surface area contributed by atoms with E-state index >= 15 is 0 Å². The van der Waals surface area contributed by atoms with Gasteiger partial charge in [0.15, 0.2) is 0 Å². The zero-order valence-electron chi connectivity index (χ0n) is 17.8. The van der Waals surface area contributed by atoms with Gasteiger partial charge < -0.3 is 5.32 Å². The van der Waals surface area contributed by atoms with Gasteiger partial charge in [-0.25, -0.2) is 0 Å². The van der Waals surface area contributed by atoms with Gasteiger partial charge in [-0.1, -0.05) is 65.0 Å². The van der Waals surface area contributed by atoms with Crippen LogP contribution in [0, 0.1) is 0 Å². The Morgan fingerprint density at radius 2 is 1.32 bits per heavy atom. The summed E-state index contributed by atoms with van der Waals surface area (Å²) in [5.74, 6) is 0. The Balaban J connectivity index is 1.73. The zero-order chi connectivity index (χ0) is 19.9. The molecule has 4 rings (SSSR count). The minimum absolute atomic E-state index is 0.0405. The van der Waals surface area contributed by atoms with Gasteiger partial charge in [0, 0.05) is 16.8 Å². The highest BCUT2D eigenvalue weighted by Gasteiger charge is 2.35. The van der Waals surface area contributed by atoms with Gasteiger partial charge in [0.25, 0.3) is 0 Å². The Morgan fingerprint density at radius 3 is 1.96 bits per heavy atom. The van der Waals surface area contributed by atoms with Crippen molar-refractivity contribution in [1.29, 1.82) is 0 Å². The third-order valence-electron chi connectivity index (χ3n) is 6.42. The maximum absolute atomic E-state index is 3.70. The minimum atomic E-state index is 0.0405. The second kappa shape index (κ2) is 7.13. The smallest absolute Gasteiger partial charge is 0.0389 e. The molecule has 144 valence electrons. The molecule has 0 unspecified atom stereocenters. The molecule has 0 aliphatic heterocycles. The van der Waals surface area contributed by atoms with E-state index in [0.29, 0.717) is 0 Å². The Kier molecular flexibility index (Phi) is 4.79. The molecule has 0 spiro atoms. The van der Waals surface area contributed by atoms with Crippen molar-refractivity contribution in [3.8, 4) is 11.1 Å². The van der Waals surface area contributed by atoms with Crippen molar-refractivity contribution in [3.05, 3.63) is 82.4 Å². The molecule has 0 heterocycles. The summed E-state index contributed by atoms with van der Waals surface area (Å²) in [6.45, 7) is 11.4. The van der Waals surface area contributed by atoms with Gasteiger partial charge in [0.2, 0.25) is 0 Å². The van der Waals surface area contributed by atoms with E-state index in [4.69, 9.17) is 0 Å². The predicted octanol–water partition coefficient (Wildman–Crippen LogP) is 7.42. The molecule has 1 aliphatic rings. The average molecular weight is 370 g/mol. The fourth-order valence-corrected chi connectivity index (χ4v) is 4.90. The second-order valence-electron chi connectivity index (χ2n) is 8.39. The van der Waals surface area contributed by atoms with E-state index < -0.39 is 0 Å². The first-order valence-electron chi connectivity index (χ1n) is 10.7. The van der Waals surface area contributed by atoms with Crippen LogP contribution in [-0.4, -0.2) is 0 Å². The van der Waals surface area contributed by atoms with E-state index in [2.05, 4.69) is 94.5 Å². The molecule has 1 N–H and O–H groups in total. The van der Waals surface area contributed by atoms with Crippen LogP contribution in [0.4, 0.5) is 11.4 Å². The molecule has 3 aromatic rings. The van der Waals surface area contributed by atoms with Gasteiger partial charge in [-0.15, -0.1) is 0 Å². The first-order valence-corrected chi connectivity index (χ1v) is 10.7. The van der Waals surface area contributed by atoms with E-state index in [1.807, 2.05) is 0 Å². The summed E-state index contributed by atoms with van der Waals surface area (Å²) in [4.78, 5) is 0. The van der Waals surface area contributed by atoms with Crippen LogP contribution < -0.4 is 5.32 Å². The highest BCUT2D eigenvalue weighted by atomic mass is 14.9. The summed E-state index contributed by atoms with van der Waals surface area (Å²) in [5.41, 5.74) is 12.5. The van der Waals surface area contributed by atoms with Crippen LogP contribution in [0.1, 0.15) is 62.4 Å². The standard InChI is InChI=1S/C27H31N/c1-6-18-15-21(16-19(7-2)22(18)8-3)28-20-13-14-24-23-11-9-10-12-25(23)27(4,5)26(24)17-20/h9-17,28H,6-8H2,1-5H3. The molecule has 0 amide bonds. The Morgan fingerprint density at radius 1 is 0.679 bits per heavy atom. The van der Waals surface area contributed by atoms with Crippen LogP contribution in [0.15, 0.2) is 54.6 Å². The quantitative estimate of drug-likeness (QED) is 0.493. The number of anilines is 2. The number of nitrogens with one attached hydrogen (secondary N) is 1. The average Bonchev–Trinajstić information content (AvgIpc) is 2.94.